The monoisotopic (exact) mass is 329 g/mol. The Bertz CT molecular complexity index is 507. The second kappa shape index (κ2) is 5.52. The average Bonchev–Trinajstić information content (AvgIpc) is 2.89. The fourth-order valence-electron chi connectivity index (χ4n) is 1.72. The van der Waals surface area contributed by atoms with Crippen molar-refractivity contribution in [3.8, 4) is 0 Å². The quantitative estimate of drug-likeness (QED) is 0.884. The van der Waals surface area contributed by atoms with Gasteiger partial charge in [0.15, 0.2) is 0 Å². The van der Waals surface area contributed by atoms with E-state index in [0.717, 1.165) is 15.0 Å². The molecule has 18 heavy (non-hydrogen) atoms. The van der Waals surface area contributed by atoms with E-state index in [1.54, 1.807) is 16.0 Å². The SMILES string of the molecule is Cn1cc(Br)c(CNCC(C)(O)c2cccs2)n1. The number of nitrogens with one attached hydrogen (secondary N) is 1. The van der Waals surface area contributed by atoms with Crippen molar-refractivity contribution in [2.45, 2.75) is 19.1 Å². The van der Waals surface area contributed by atoms with Crippen molar-refractivity contribution in [3.05, 3.63) is 38.8 Å². The van der Waals surface area contributed by atoms with Gasteiger partial charge in [-0.05, 0) is 34.3 Å². The largest absolute Gasteiger partial charge is 0.383 e. The van der Waals surface area contributed by atoms with Crippen LogP contribution in [-0.4, -0.2) is 21.4 Å². The summed E-state index contributed by atoms with van der Waals surface area (Å²) >= 11 is 5.02. The summed E-state index contributed by atoms with van der Waals surface area (Å²) in [5.41, 5.74) is 0.106. The molecule has 0 aliphatic rings. The van der Waals surface area contributed by atoms with E-state index < -0.39 is 5.60 Å². The Morgan fingerprint density at radius 1 is 1.61 bits per heavy atom. The van der Waals surface area contributed by atoms with Gasteiger partial charge >= 0.3 is 0 Å². The van der Waals surface area contributed by atoms with Crippen LogP contribution in [0.3, 0.4) is 0 Å². The summed E-state index contributed by atoms with van der Waals surface area (Å²) in [5, 5.41) is 19.9. The number of rotatable bonds is 5. The lowest BCUT2D eigenvalue weighted by Gasteiger charge is -2.22. The van der Waals surface area contributed by atoms with Crippen molar-refractivity contribution in [1.29, 1.82) is 0 Å². The van der Waals surface area contributed by atoms with Crippen LogP contribution in [0.5, 0.6) is 0 Å². The first-order valence-electron chi connectivity index (χ1n) is 5.64. The van der Waals surface area contributed by atoms with Crippen LogP contribution >= 0.6 is 27.3 Å². The molecule has 0 fully saturated rings. The van der Waals surface area contributed by atoms with Gasteiger partial charge in [-0.2, -0.15) is 5.10 Å². The van der Waals surface area contributed by atoms with Crippen LogP contribution in [0.4, 0.5) is 0 Å². The summed E-state index contributed by atoms with van der Waals surface area (Å²) in [7, 11) is 1.88. The third-order valence-electron chi connectivity index (χ3n) is 2.67. The number of halogens is 1. The lowest BCUT2D eigenvalue weighted by molar-refractivity contribution is 0.0603. The zero-order valence-corrected chi connectivity index (χ0v) is 12.8. The van der Waals surface area contributed by atoms with Crippen molar-refractivity contribution < 1.29 is 5.11 Å². The van der Waals surface area contributed by atoms with Gasteiger partial charge in [0.2, 0.25) is 0 Å². The Labute approximate surface area is 119 Å². The lowest BCUT2D eigenvalue weighted by Crippen LogP contribution is -2.34. The summed E-state index contributed by atoms with van der Waals surface area (Å²) in [6.07, 6.45) is 1.91. The molecule has 1 unspecified atom stereocenters. The highest BCUT2D eigenvalue weighted by molar-refractivity contribution is 9.10. The molecular weight excluding hydrogens is 314 g/mol. The third-order valence-corrected chi connectivity index (χ3v) is 4.45. The smallest absolute Gasteiger partial charge is 0.108 e. The van der Waals surface area contributed by atoms with Gasteiger partial charge in [-0.1, -0.05) is 6.07 Å². The number of hydrogen-bond acceptors (Lipinski definition) is 4. The van der Waals surface area contributed by atoms with Crippen LogP contribution in [0, 0.1) is 0 Å². The molecule has 2 heterocycles. The van der Waals surface area contributed by atoms with Gasteiger partial charge < -0.3 is 10.4 Å². The number of hydrogen-bond donors (Lipinski definition) is 2. The van der Waals surface area contributed by atoms with Gasteiger partial charge in [-0.15, -0.1) is 11.3 Å². The van der Waals surface area contributed by atoms with E-state index in [1.165, 1.54) is 0 Å². The maximum Gasteiger partial charge on any atom is 0.108 e. The van der Waals surface area contributed by atoms with E-state index in [1.807, 2.05) is 37.7 Å². The first kappa shape index (κ1) is 13.7. The molecule has 2 aromatic heterocycles. The number of thiophene rings is 1. The van der Waals surface area contributed by atoms with Gasteiger partial charge in [0.25, 0.3) is 0 Å². The first-order valence-corrected chi connectivity index (χ1v) is 7.31. The molecule has 0 saturated heterocycles. The van der Waals surface area contributed by atoms with E-state index in [4.69, 9.17) is 0 Å². The van der Waals surface area contributed by atoms with E-state index in [9.17, 15) is 5.11 Å². The molecule has 2 rings (SSSR count). The zero-order valence-electron chi connectivity index (χ0n) is 10.4. The minimum atomic E-state index is -0.838. The Morgan fingerprint density at radius 3 is 2.94 bits per heavy atom. The first-order chi connectivity index (χ1) is 8.49. The third kappa shape index (κ3) is 3.20. The van der Waals surface area contributed by atoms with E-state index >= 15 is 0 Å². The maximum absolute atomic E-state index is 10.3. The summed E-state index contributed by atoms with van der Waals surface area (Å²) in [4.78, 5) is 0.968. The molecule has 2 N–H and O–H groups in total. The predicted molar refractivity (Wildman–Crippen MR) is 76.5 cm³/mol. The van der Waals surface area contributed by atoms with Crippen molar-refractivity contribution in [2.24, 2.45) is 7.05 Å². The molecule has 0 saturated carbocycles. The predicted octanol–water partition coefficient (Wildman–Crippen LogP) is 2.24. The molecule has 0 bridgehead atoms. The highest BCUT2D eigenvalue weighted by atomic mass is 79.9. The van der Waals surface area contributed by atoms with Crippen LogP contribution in [-0.2, 0) is 19.2 Å². The summed E-state index contributed by atoms with van der Waals surface area (Å²) in [6, 6.07) is 3.90. The van der Waals surface area contributed by atoms with E-state index in [2.05, 4.69) is 26.3 Å². The number of nitrogens with zero attached hydrogens (tertiary/aromatic N) is 2. The molecule has 6 heteroatoms. The lowest BCUT2D eigenvalue weighted by atomic mass is 10.1. The Balaban J connectivity index is 1.91. The highest BCUT2D eigenvalue weighted by Crippen LogP contribution is 2.24. The number of aromatic nitrogens is 2. The van der Waals surface area contributed by atoms with Crippen molar-refractivity contribution in [1.82, 2.24) is 15.1 Å². The number of aliphatic hydroxyl groups is 1. The molecule has 0 radical (unpaired) electrons. The topological polar surface area (TPSA) is 50.1 Å². The molecule has 0 spiro atoms. The van der Waals surface area contributed by atoms with Crippen LogP contribution < -0.4 is 5.32 Å². The minimum absolute atomic E-state index is 0.497. The fourth-order valence-corrected chi connectivity index (χ4v) is 3.02. The van der Waals surface area contributed by atoms with Crippen LogP contribution in [0.25, 0.3) is 0 Å². The standard InChI is InChI=1S/C12H16BrN3OS/c1-12(17,11-4-3-5-18-11)8-14-6-10-9(13)7-16(2)15-10/h3-5,7,14,17H,6,8H2,1-2H3. The molecule has 0 aromatic carbocycles. The van der Waals surface area contributed by atoms with Crippen LogP contribution in [0.2, 0.25) is 0 Å². The Morgan fingerprint density at radius 2 is 2.39 bits per heavy atom. The van der Waals surface area contributed by atoms with Gasteiger partial charge in [0, 0.05) is 31.2 Å². The zero-order chi connectivity index (χ0) is 13.2. The fraction of sp³-hybridized carbons (Fsp3) is 0.417. The van der Waals surface area contributed by atoms with Gasteiger partial charge in [0.1, 0.15) is 5.60 Å². The van der Waals surface area contributed by atoms with E-state index in [0.29, 0.717) is 13.1 Å². The molecule has 98 valence electrons. The molecule has 4 nitrogen and oxygen atoms in total. The molecule has 0 aliphatic carbocycles. The summed E-state index contributed by atoms with van der Waals surface area (Å²) < 4.78 is 2.74. The van der Waals surface area contributed by atoms with Crippen LogP contribution in [0.1, 0.15) is 17.5 Å². The second-order valence-corrected chi connectivity index (χ2v) is 6.25. The van der Waals surface area contributed by atoms with Gasteiger partial charge in [-0.25, -0.2) is 0 Å². The molecule has 1 atom stereocenters. The normalized spacial score (nSPS) is 14.7. The summed E-state index contributed by atoms with van der Waals surface area (Å²) in [6.45, 7) is 2.94. The Hall–Kier alpha value is -0.690. The molecule has 0 aliphatic heterocycles. The average molecular weight is 330 g/mol. The van der Waals surface area contributed by atoms with Crippen molar-refractivity contribution in [2.75, 3.05) is 6.54 Å². The molecule has 2 aromatic rings. The van der Waals surface area contributed by atoms with Crippen molar-refractivity contribution in [3.63, 3.8) is 0 Å². The Kier molecular flexibility index (Phi) is 4.21. The van der Waals surface area contributed by atoms with Gasteiger partial charge in [-0.3, -0.25) is 4.68 Å². The van der Waals surface area contributed by atoms with Gasteiger partial charge in [0.05, 0.1) is 10.2 Å². The van der Waals surface area contributed by atoms with Crippen LogP contribution in [0.15, 0.2) is 28.2 Å². The maximum atomic E-state index is 10.3. The number of aryl methyl sites for hydroxylation is 1. The highest BCUT2D eigenvalue weighted by Gasteiger charge is 2.23. The molecular formula is C12H16BrN3OS. The minimum Gasteiger partial charge on any atom is -0.383 e. The van der Waals surface area contributed by atoms with Crippen molar-refractivity contribution >= 4 is 27.3 Å². The van der Waals surface area contributed by atoms with E-state index in [-0.39, 0.29) is 0 Å². The summed E-state index contributed by atoms with van der Waals surface area (Å²) in [5.74, 6) is 0. The molecule has 0 amide bonds. The second-order valence-electron chi connectivity index (χ2n) is 4.45.